The lowest BCUT2D eigenvalue weighted by atomic mass is 9.58. The van der Waals surface area contributed by atoms with E-state index in [-0.39, 0.29) is 5.41 Å². The van der Waals surface area contributed by atoms with Gasteiger partial charge < -0.3 is 9.47 Å². The molecule has 0 radical (unpaired) electrons. The Morgan fingerprint density at radius 1 is 1.42 bits per heavy atom. The van der Waals surface area contributed by atoms with Crippen molar-refractivity contribution in [2.24, 2.45) is 11.3 Å². The lowest BCUT2D eigenvalue weighted by molar-refractivity contribution is -0.142. The van der Waals surface area contributed by atoms with Crippen LogP contribution in [0.4, 0.5) is 13.2 Å². The van der Waals surface area contributed by atoms with Crippen LogP contribution in [-0.2, 0) is 17.5 Å². The fraction of sp³-hybridized carbons (Fsp3) is 0.667. The van der Waals surface area contributed by atoms with Crippen molar-refractivity contribution in [3.8, 4) is 0 Å². The van der Waals surface area contributed by atoms with Crippen LogP contribution in [0.2, 0.25) is 0 Å². The molecule has 0 N–H and O–H groups in total. The van der Waals surface area contributed by atoms with Gasteiger partial charge in [-0.1, -0.05) is 0 Å². The molecule has 1 aromatic heterocycles. The Kier molecular flexibility index (Phi) is 2.62. The van der Waals surface area contributed by atoms with Gasteiger partial charge in [-0.15, -0.1) is 0 Å². The number of halogens is 3. The van der Waals surface area contributed by atoms with Gasteiger partial charge in [0.05, 0.1) is 6.33 Å². The van der Waals surface area contributed by atoms with Gasteiger partial charge in [-0.3, -0.25) is 4.79 Å². The van der Waals surface area contributed by atoms with Crippen LogP contribution in [0.1, 0.15) is 18.5 Å². The van der Waals surface area contributed by atoms with Crippen LogP contribution >= 0.6 is 0 Å². The molecule has 1 amide bonds. The van der Waals surface area contributed by atoms with Gasteiger partial charge in [0.1, 0.15) is 0 Å². The van der Waals surface area contributed by atoms with Crippen molar-refractivity contribution in [3.05, 3.63) is 18.2 Å². The maximum absolute atomic E-state index is 12.4. The Labute approximate surface area is 108 Å². The first-order chi connectivity index (χ1) is 8.90. The molecule has 1 saturated carbocycles. The number of nitrogens with zero attached hydrogens (tertiary/aromatic N) is 3. The summed E-state index contributed by atoms with van der Waals surface area (Å²) >= 11 is 0. The van der Waals surface area contributed by atoms with Crippen LogP contribution in [0.3, 0.4) is 0 Å². The predicted molar refractivity (Wildman–Crippen MR) is 60.0 cm³/mol. The Bertz CT molecular complexity index is 483. The monoisotopic (exact) mass is 273 g/mol. The third kappa shape index (κ3) is 2.21. The number of likely N-dealkylation sites (tertiary alicyclic amines) is 1. The second-order valence-corrected chi connectivity index (χ2v) is 5.74. The van der Waals surface area contributed by atoms with E-state index in [4.69, 9.17) is 0 Å². The summed E-state index contributed by atoms with van der Waals surface area (Å²) in [4.78, 5) is 15.6. The molecule has 1 saturated heterocycles. The standard InChI is InChI=1S/C12H14F3N3O/c13-12(14,15)10-4-17(7-16-10)3-9-1-11(2-9)5-18(6-11)8-19/h4,7-9H,1-3,5-6H2. The minimum atomic E-state index is -4.37. The summed E-state index contributed by atoms with van der Waals surface area (Å²) in [7, 11) is 0. The average molecular weight is 273 g/mol. The fourth-order valence-corrected chi connectivity index (χ4v) is 3.35. The number of alkyl halides is 3. The molecular formula is C12H14F3N3O. The summed E-state index contributed by atoms with van der Waals surface area (Å²) in [6.07, 6.45) is 0.748. The van der Waals surface area contributed by atoms with E-state index in [1.807, 2.05) is 0 Å². The molecule has 2 heterocycles. The first-order valence-corrected chi connectivity index (χ1v) is 6.19. The van der Waals surface area contributed by atoms with E-state index in [0.717, 1.165) is 38.5 Å². The van der Waals surface area contributed by atoms with Crippen LogP contribution in [0, 0.1) is 11.3 Å². The molecule has 7 heteroatoms. The maximum Gasteiger partial charge on any atom is 0.434 e. The Morgan fingerprint density at radius 2 is 2.11 bits per heavy atom. The molecule has 1 aliphatic carbocycles. The summed E-state index contributed by atoms with van der Waals surface area (Å²) in [5.41, 5.74) is -0.587. The SMILES string of the molecule is O=CN1CC2(CC(Cn3cnc(C(F)(F)F)c3)C2)C1. The molecule has 0 aromatic carbocycles. The Balaban J connectivity index is 1.52. The van der Waals surface area contributed by atoms with Crippen molar-refractivity contribution in [1.82, 2.24) is 14.5 Å². The van der Waals surface area contributed by atoms with E-state index in [2.05, 4.69) is 4.98 Å². The highest BCUT2D eigenvalue weighted by molar-refractivity contribution is 5.49. The highest BCUT2D eigenvalue weighted by atomic mass is 19.4. The summed E-state index contributed by atoms with van der Waals surface area (Å²) < 4.78 is 38.7. The molecule has 1 aliphatic heterocycles. The van der Waals surface area contributed by atoms with E-state index in [1.54, 1.807) is 4.90 Å². The normalized spacial score (nSPS) is 22.2. The van der Waals surface area contributed by atoms with Crippen LogP contribution in [-0.4, -0.2) is 34.0 Å². The molecule has 0 bridgehead atoms. The van der Waals surface area contributed by atoms with Gasteiger partial charge in [0.15, 0.2) is 5.69 Å². The number of carbonyl (C=O) groups excluding carboxylic acids is 1. The summed E-state index contributed by atoms with van der Waals surface area (Å²) in [6.45, 7) is 2.17. The van der Waals surface area contributed by atoms with Gasteiger partial charge in [-0.05, 0) is 18.8 Å². The average Bonchev–Trinajstić information content (AvgIpc) is 2.67. The smallest absolute Gasteiger partial charge is 0.344 e. The molecule has 2 aliphatic rings. The zero-order valence-corrected chi connectivity index (χ0v) is 10.2. The third-order valence-electron chi connectivity index (χ3n) is 4.06. The number of rotatable bonds is 3. The van der Waals surface area contributed by atoms with E-state index in [0.29, 0.717) is 12.5 Å². The lowest BCUT2D eigenvalue weighted by Crippen LogP contribution is -2.61. The van der Waals surface area contributed by atoms with E-state index in [1.165, 1.54) is 10.9 Å². The third-order valence-corrected chi connectivity index (χ3v) is 4.06. The quantitative estimate of drug-likeness (QED) is 0.787. The Morgan fingerprint density at radius 3 is 2.63 bits per heavy atom. The first-order valence-electron chi connectivity index (χ1n) is 6.19. The number of hydrogen-bond acceptors (Lipinski definition) is 2. The molecular weight excluding hydrogens is 259 g/mol. The van der Waals surface area contributed by atoms with E-state index in [9.17, 15) is 18.0 Å². The molecule has 104 valence electrons. The van der Waals surface area contributed by atoms with Gasteiger partial charge in [-0.2, -0.15) is 13.2 Å². The van der Waals surface area contributed by atoms with E-state index >= 15 is 0 Å². The van der Waals surface area contributed by atoms with Crippen molar-refractivity contribution < 1.29 is 18.0 Å². The molecule has 0 atom stereocenters. The van der Waals surface area contributed by atoms with E-state index < -0.39 is 11.9 Å². The number of hydrogen-bond donors (Lipinski definition) is 0. The zero-order chi connectivity index (χ0) is 13.7. The van der Waals surface area contributed by atoms with Crippen molar-refractivity contribution in [3.63, 3.8) is 0 Å². The number of carbonyl (C=O) groups is 1. The zero-order valence-electron chi connectivity index (χ0n) is 10.2. The molecule has 1 aromatic rings. The van der Waals surface area contributed by atoms with Gasteiger partial charge in [-0.25, -0.2) is 4.98 Å². The van der Waals surface area contributed by atoms with Crippen molar-refractivity contribution >= 4 is 6.41 Å². The van der Waals surface area contributed by atoms with Crippen LogP contribution in [0.5, 0.6) is 0 Å². The largest absolute Gasteiger partial charge is 0.434 e. The van der Waals surface area contributed by atoms with Gasteiger partial charge in [0.2, 0.25) is 6.41 Å². The molecule has 19 heavy (non-hydrogen) atoms. The minimum Gasteiger partial charge on any atom is -0.344 e. The molecule has 3 rings (SSSR count). The second kappa shape index (κ2) is 3.98. The lowest BCUT2D eigenvalue weighted by Gasteiger charge is -2.58. The summed E-state index contributed by atoms with van der Waals surface area (Å²) in [6, 6.07) is 0. The predicted octanol–water partition coefficient (Wildman–Crippen LogP) is 1.77. The first kappa shape index (κ1) is 12.5. The van der Waals surface area contributed by atoms with Crippen molar-refractivity contribution in [2.45, 2.75) is 25.6 Å². The van der Waals surface area contributed by atoms with Gasteiger partial charge in [0, 0.05) is 31.2 Å². The van der Waals surface area contributed by atoms with Crippen LogP contribution < -0.4 is 0 Å². The number of amides is 1. The Hall–Kier alpha value is -1.53. The molecule has 0 unspecified atom stereocenters. The van der Waals surface area contributed by atoms with Gasteiger partial charge in [0.25, 0.3) is 0 Å². The molecule has 2 fully saturated rings. The highest BCUT2D eigenvalue weighted by Gasteiger charge is 2.51. The van der Waals surface area contributed by atoms with Crippen LogP contribution in [0.25, 0.3) is 0 Å². The minimum absolute atomic E-state index is 0.249. The maximum atomic E-state index is 12.4. The van der Waals surface area contributed by atoms with Crippen molar-refractivity contribution in [2.75, 3.05) is 13.1 Å². The van der Waals surface area contributed by atoms with Gasteiger partial charge >= 0.3 is 6.18 Å². The summed E-state index contributed by atoms with van der Waals surface area (Å²) in [5.74, 6) is 0.393. The van der Waals surface area contributed by atoms with Crippen LogP contribution in [0.15, 0.2) is 12.5 Å². The number of imidazole rings is 1. The second-order valence-electron chi connectivity index (χ2n) is 5.74. The molecule has 4 nitrogen and oxygen atoms in total. The topological polar surface area (TPSA) is 38.1 Å². The highest BCUT2D eigenvalue weighted by Crippen LogP contribution is 2.51. The van der Waals surface area contributed by atoms with Crippen molar-refractivity contribution in [1.29, 1.82) is 0 Å². The molecule has 1 spiro atoms. The fourth-order valence-electron chi connectivity index (χ4n) is 3.35. The number of aromatic nitrogens is 2. The summed E-state index contributed by atoms with van der Waals surface area (Å²) in [5, 5.41) is 0.